The van der Waals surface area contributed by atoms with Crippen LogP contribution in [0.4, 0.5) is 4.79 Å². The van der Waals surface area contributed by atoms with Crippen molar-refractivity contribution in [3.05, 3.63) is 23.5 Å². The number of nitriles is 1. The number of aliphatic hydroxyl groups is 1. The van der Waals surface area contributed by atoms with Gasteiger partial charge in [-0.2, -0.15) is 5.26 Å². The molecule has 5 N–H and O–H groups in total. The number of aliphatic hydroxyl groups excluding tert-OH is 1. The van der Waals surface area contributed by atoms with Crippen molar-refractivity contribution in [1.29, 1.82) is 10.7 Å². The fourth-order valence-electron chi connectivity index (χ4n) is 5.79. The number of alkyl carbamates (subject to hydrolysis) is 1. The molecule has 0 radical (unpaired) electrons. The number of carbonyl (C=O) groups is 4. The molecule has 16 nitrogen and oxygen atoms in total. The summed E-state index contributed by atoms with van der Waals surface area (Å²) in [5.41, 5.74) is -4.14. The minimum Gasteiger partial charge on any atom is -0.463 e. The molecular weight excluding hydrogens is 664 g/mol. The summed E-state index contributed by atoms with van der Waals surface area (Å²) in [6, 6.07) is 3.63. The van der Waals surface area contributed by atoms with E-state index in [1.165, 1.54) is 33.1 Å². The molecule has 1 aromatic rings. The molecule has 2 fully saturated rings. The Kier molecular flexibility index (Phi) is 13.9. The highest BCUT2D eigenvalue weighted by molar-refractivity contribution is 6.10. The molecule has 3 rings (SSSR count). The van der Waals surface area contributed by atoms with Crippen LogP contribution in [0.3, 0.4) is 0 Å². The number of esters is 2. The van der Waals surface area contributed by atoms with Gasteiger partial charge in [-0.1, -0.05) is 33.1 Å². The Morgan fingerprint density at radius 1 is 1.18 bits per heavy atom. The van der Waals surface area contributed by atoms with E-state index in [9.17, 15) is 29.5 Å². The van der Waals surface area contributed by atoms with Gasteiger partial charge in [-0.15, -0.1) is 0 Å². The molecule has 1 aliphatic carbocycles. The number of amidine groups is 1. The lowest BCUT2D eigenvalue weighted by Gasteiger charge is -2.28. The maximum atomic E-state index is 13.6. The molecule has 16 heteroatoms. The summed E-state index contributed by atoms with van der Waals surface area (Å²) >= 11 is 0. The highest BCUT2D eigenvalue weighted by Gasteiger charge is 2.59. The van der Waals surface area contributed by atoms with Gasteiger partial charge < -0.3 is 44.4 Å². The third kappa shape index (κ3) is 10.6. The van der Waals surface area contributed by atoms with E-state index in [1.807, 2.05) is 6.07 Å². The molecule has 2 amide bonds. The second kappa shape index (κ2) is 17.3. The SMILES string of the molecule is COC(C)(C)C(=O)N/C(=N/C=N)c1ccc([C@]2(C#N)O[C@H](COC(=O)CC3CCCCC3)[C@@H](OC(=O)[C@@H](NC(=O)OC(C)(C)C)C(C)C)[C@H]2O)[nH]1. The second-order valence-corrected chi connectivity index (χ2v) is 14.7. The maximum Gasteiger partial charge on any atom is 0.408 e. The van der Waals surface area contributed by atoms with Crippen LogP contribution in [0.1, 0.15) is 98.4 Å². The van der Waals surface area contributed by atoms with Crippen molar-refractivity contribution < 1.29 is 48.0 Å². The third-order valence-electron chi connectivity index (χ3n) is 8.86. The van der Waals surface area contributed by atoms with Gasteiger partial charge in [0.15, 0.2) is 11.9 Å². The van der Waals surface area contributed by atoms with Crippen molar-refractivity contribution in [1.82, 2.24) is 15.6 Å². The minimum absolute atomic E-state index is 0.00481. The summed E-state index contributed by atoms with van der Waals surface area (Å²) < 4.78 is 28.0. The number of aromatic nitrogens is 1. The fraction of sp³-hybridized carbons (Fsp3) is 0.686. The van der Waals surface area contributed by atoms with E-state index in [2.05, 4.69) is 20.6 Å². The molecule has 51 heavy (non-hydrogen) atoms. The Morgan fingerprint density at radius 2 is 1.84 bits per heavy atom. The Labute approximate surface area is 298 Å². The van der Waals surface area contributed by atoms with Crippen molar-refractivity contribution in [2.75, 3.05) is 13.7 Å². The molecule has 2 aliphatic rings. The van der Waals surface area contributed by atoms with Crippen molar-refractivity contribution in [3.63, 3.8) is 0 Å². The highest BCUT2D eigenvalue weighted by atomic mass is 16.6. The largest absolute Gasteiger partial charge is 0.463 e. The molecule has 0 spiro atoms. The van der Waals surface area contributed by atoms with Gasteiger partial charge in [0.1, 0.15) is 48.5 Å². The number of nitrogens with zero attached hydrogens (tertiary/aromatic N) is 2. The van der Waals surface area contributed by atoms with E-state index in [0.29, 0.717) is 6.34 Å². The standard InChI is InChI=1S/C35H52N6O10/c1-20(2)26(40-32(46)51-33(3,4)5)30(44)49-27-23(17-48-25(42)16-21-12-10-9-11-13-21)50-35(18-36,28(27)43)24-15-14-22(39-24)29(38-19-37)41-31(45)34(6,7)47-8/h14-15,19-21,23,26-28,39,43H,9-13,16-17H2,1-8H3,(H,40,46)(H2,37,38,41,45)/t23-,26+,27-,28-,35+/m1/s1. The van der Waals surface area contributed by atoms with Crippen LogP contribution in [0.2, 0.25) is 0 Å². The number of H-pyrrole nitrogens is 1. The molecule has 1 saturated heterocycles. The fourth-order valence-corrected chi connectivity index (χ4v) is 5.79. The number of aliphatic imine (C=N–C) groups is 1. The Hall–Kier alpha value is -4.33. The quantitative estimate of drug-likeness (QED) is 0.0859. The smallest absolute Gasteiger partial charge is 0.408 e. The van der Waals surface area contributed by atoms with Crippen LogP contribution < -0.4 is 10.6 Å². The average Bonchev–Trinajstić information content (AvgIpc) is 3.65. The molecule has 1 aliphatic heterocycles. The molecule has 2 heterocycles. The molecule has 282 valence electrons. The highest BCUT2D eigenvalue weighted by Crippen LogP contribution is 2.41. The van der Waals surface area contributed by atoms with Crippen LogP contribution in [0.25, 0.3) is 0 Å². The number of amides is 2. The molecule has 0 aromatic carbocycles. The van der Waals surface area contributed by atoms with Gasteiger partial charge in [-0.25, -0.2) is 14.6 Å². The summed E-state index contributed by atoms with van der Waals surface area (Å²) in [5.74, 6) is -2.38. The van der Waals surface area contributed by atoms with Gasteiger partial charge in [0, 0.05) is 13.5 Å². The Morgan fingerprint density at radius 3 is 2.41 bits per heavy atom. The summed E-state index contributed by atoms with van der Waals surface area (Å²) in [4.78, 5) is 58.7. The predicted molar refractivity (Wildman–Crippen MR) is 184 cm³/mol. The molecule has 5 atom stereocenters. The number of rotatable bonds is 13. The van der Waals surface area contributed by atoms with Gasteiger partial charge in [-0.05, 0) is 71.4 Å². The van der Waals surface area contributed by atoms with Gasteiger partial charge in [0.2, 0.25) is 5.60 Å². The van der Waals surface area contributed by atoms with Crippen molar-refractivity contribution in [2.45, 2.75) is 128 Å². The number of carbonyl (C=O) groups excluding carboxylic acids is 4. The molecule has 0 bridgehead atoms. The molecule has 1 aromatic heterocycles. The normalized spacial score (nSPS) is 23.5. The first-order valence-corrected chi connectivity index (χ1v) is 17.1. The van der Waals surface area contributed by atoms with E-state index >= 15 is 0 Å². The zero-order valence-electron chi connectivity index (χ0n) is 30.7. The van der Waals surface area contributed by atoms with Gasteiger partial charge >= 0.3 is 18.0 Å². The predicted octanol–water partition coefficient (Wildman–Crippen LogP) is 3.36. The lowest BCUT2D eigenvalue weighted by molar-refractivity contribution is -0.163. The first kappa shape index (κ1) is 41.1. The van der Waals surface area contributed by atoms with Crippen LogP contribution in [-0.4, -0.2) is 95.5 Å². The number of ether oxygens (including phenoxy) is 5. The maximum absolute atomic E-state index is 13.6. The molecular formula is C35H52N6O10. The number of methoxy groups -OCH3 is 1. The number of aromatic amines is 1. The van der Waals surface area contributed by atoms with Crippen LogP contribution in [0.15, 0.2) is 17.1 Å². The van der Waals surface area contributed by atoms with E-state index in [4.69, 9.17) is 29.1 Å². The zero-order valence-corrected chi connectivity index (χ0v) is 30.7. The summed E-state index contributed by atoms with van der Waals surface area (Å²) in [6.45, 7) is 11.0. The second-order valence-electron chi connectivity index (χ2n) is 14.7. The third-order valence-corrected chi connectivity index (χ3v) is 8.86. The van der Waals surface area contributed by atoms with E-state index in [-0.39, 0.29) is 29.6 Å². The minimum atomic E-state index is -2.19. The number of hydrogen-bond donors (Lipinski definition) is 5. The van der Waals surface area contributed by atoms with Gasteiger partial charge in [0.25, 0.3) is 5.91 Å². The summed E-state index contributed by atoms with van der Waals surface area (Å²) in [7, 11) is 1.36. The van der Waals surface area contributed by atoms with Gasteiger partial charge in [-0.3, -0.25) is 15.0 Å². The average molecular weight is 717 g/mol. The summed E-state index contributed by atoms with van der Waals surface area (Å²) in [5, 5.41) is 34.8. The zero-order chi connectivity index (χ0) is 38.1. The lowest BCUT2D eigenvalue weighted by atomic mass is 9.87. The van der Waals surface area contributed by atoms with Crippen molar-refractivity contribution in [3.8, 4) is 6.07 Å². The monoisotopic (exact) mass is 716 g/mol. The van der Waals surface area contributed by atoms with Crippen LogP contribution in [-0.2, 0) is 43.7 Å². The van der Waals surface area contributed by atoms with Crippen molar-refractivity contribution in [2.24, 2.45) is 16.8 Å². The van der Waals surface area contributed by atoms with Crippen LogP contribution >= 0.6 is 0 Å². The first-order valence-electron chi connectivity index (χ1n) is 17.1. The lowest BCUT2D eigenvalue weighted by Crippen LogP contribution is -2.50. The van der Waals surface area contributed by atoms with Crippen molar-refractivity contribution >= 4 is 36.1 Å². The van der Waals surface area contributed by atoms with Crippen LogP contribution in [0.5, 0.6) is 0 Å². The van der Waals surface area contributed by atoms with Gasteiger partial charge in [0.05, 0.1) is 11.4 Å². The Balaban J connectivity index is 1.93. The number of hydrogen-bond acceptors (Lipinski definition) is 12. The first-order chi connectivity index (χ1) is 23.9. The number of nitrogens with one attached hydrogen (secondary N) is 4. The summed E-state index contributed by atoms with van der Waals surface area (Å²) in [6.07, 6.45) is 0.374. The molecule has 0 unspecified atom stereocenters. The van der Waals surface area contributed by atoms with Crippen LogP contribution in [0, 0.1) is 28.6 Å². The topological polar surface area (TPSA) is 235 Å². The Bertz CT molecular complexity index is 1490. The van der Waals surface area contributed by atoms with E-state index < -0.39 is 77.6 Å². The van der Waals surface area contributed by atoms with E-state index in [1.54, 1.807) is 34.6 Å². The molecule has 1 saturated carbocycles. The van der Waals surface area contributed by atoms with E-state index in [0.717, 1.165) is 32.1 Å².